The van der Waals surface area contributed by atoms with Crippen LogP contribution in [0.15, 0.2) is 29.2 Å². The van der Waals surface area contributed by atoms with Gasteiger partial charge in [-0.3, -0.25) is 4.79 Å². The average Bonchev–Trinajstić information content (AvgIpc) is 2.53. The van der Waals surface area contributed by atoms with Gasteiger partial charge in [0.1, 0.15) is 11.9 Å². The second-order valence-corrected chi connectivity index (χ2v) is 7.07. The molecular weight excluding hydrogens is 325 g/mol. The third-order valence-electron chi connectivity index (χ3n) is 3.53. The lowest BCUT2D eigenvalue weighted by Gasteiger charge is -2.23. The van der Waals surface area contributed by atoms with Crippen molar-refractivity contribution in [1.82, 2.24) is 4.72 Å². The predicted octanol–water partition coefficient (Wildman–Crippen LogP) is 1.60. The maximum Gasteiger partial charge on any atom is 0.264 e. The molecule has 1 aliphatic heterocycles. The summed E-state index contributed by atoms with van der Waals surface area (Å²) >= 11 is 0. The van der Waals surface area contributed by atoms with E-state index in [1.54, 1.807) is 0 Å². The van der Waals surface area contributed by atoms with Crippen LogP contribution in [0.3, 0.4) is 0 Å². The van der Waals surface area contributed by atoms with E-state index in [1.807, 2.05) is 4.72 Å². The van der Waals surface area contributed by atoms with Crippen LogP contribution in [0.2, 0.25) is 0 Å². The van der Waals surface area contributed by atoms with Gasteiger partial charge in [0.05, 0.1) is 17.6 Å². The fourth-order valence-electron chi connectivity index (χ4n) is 2.15. The van der Waals surface area contributed by atoms with Crippen molar-refractivity contribution >= 4 is 15.9 Å². The fraction of sp³-hybridized carbons (Fsp3) is 0.533. The highest BCUT2D eigenvalue weighted by Gasteiger charge is 2.23. The number of ether oxygens (including phenoxy) is 2. The van der Waals surface area contributed by atoms with E-state index in [0.29, 0.717) is 6.61 Å². The van der Waals surface area contributed by atoms with Gasteiger partial charge in [-0.25, -0.2) is 17.5 Å². The topological polar surface area (TPSA) is 81.7 Å². The van der Waals surface area contributed by atoms with E-state index in [4.69, 9.17) is 9.47 Å². The number of carbonyl (C=O) groups is 1. The summed E-state index contributed by atoms with van der Waals surface area (Å²) in [4.78, 5) is 11.8. The first-order valence-corrected chi connectivity index (χ1v) is 8.92. The number of hydrogen-bond acceptors (Lipinski definition) is 5. The summed E-state index contributed by atoms with van der Waals surface area (Å²) < 4.78 is 49.7. The highest BCUT2D eigenvalue weighted by molar-refractivity contribution is 7.90. The quantitative estimate of drug-likeness (QED) is 0.847. The molecule has 0 bridgehead atoms. The Morgan fingerprint density at radius 3 is 2.70 bits per heavy atom. The van der Waals surface area contributed by atoms with Crippen LogP contribution in [-0.2, 0) is 24.3 Å². The third-order valence-corrected chi connectivity index (χ3v) is 4.90. The first-order valence-electron chi connectivity index (χ1n) is 7.44. The first-order chi connectivity index (χ1) is 10.9. The smallest absolute Gasteiger partial charge is 0.264 e. The Morgan fingerprint density at radius 2 is 2.09 bits per heavy atom. The second kappa shape index (κ2) is 7.85. The number of benzene rings is 1. The van der Waals surface area contributed by atoms with E-state index in [9.17, 15) is 17.6 Å². The predicted molar refractivity (Wildman–Crippen MR) is 80.7 cm³/mol. The Labute approximate surface area is 135 Å². The van der Waals surface area contributed by atoms with E-state index in [-0.39, 0.29) is 17.6 Å². The molecule has 0 radical (unpaired) electrons. The summed E-state index contributed by atoms with van der Waals surface area (Å²) in [6.45, 7) is 2.39. The molecule has 0 spiro atoms. The Morgan fingerprint density at radius 1 is 1.39 bits per heavy atom. The highest BCUT2D eigenvalue weighted by atomic mass is 32.2. The van der Waals surface area contributed by atoms with Crippen LogP contribution in [0.5, 0.6) is 0 Å². The van der Waals surface area contributed by atoms with Crippen LogP contribution in [0, 0.1) is 5.82 Å². The summed E-state index contributed by atoms with van der Waals surface area (Å²) in [5.74, 6) is -1.33. The van der Waals surface area contributed by atoms with Gasteiger partial charge in [-0.2, -0.15) is 0 Å². The largest absolute Gasteiger partial charge is 0.376 e. The molecular formula is C15H20FNO5S. The minimum atomic E-state index is -4.04. The molecule has 8 heteroatoms. The first kappa shape index (κ1) is 17.8. The minimum Gasteiger partial charge on any atom is -0.376 e. The monoisotopic (exact) mass is 345 g/mol. The molecule has 1 aromatic carbocycles. The molecule has 0 saturated carbocycles. The zero-order valence-electron chi connectivity index (χ0n) is 12.8. The zero-order valence-corrected chi connectivity index (χ0v) is 13.6. The van der Waals surface area contributed by atoms with E-state index in [1.165, 1.54) is 6.92 Å². The molecule has 1 aliphatic rings. The maximum atomic E-state index is 12.8. The Hall–Kier alpha value is -1.51. The number of carbonyl (C=O) groups excluding carboxylic acids is 1. The van der Waals surface area contributed by atoms with Crippen LogP contribution in [0.1, 0.15) is 26.2 Å². The van der Waals surface area contributed by atoms with Crippen LogP contribution in [0.4, 0.5) is 4.39 Å². The molecule has 1 fully saturated rings. The summed E-state index contributed by atoms with van der Waals surface area (Å²) in [7, 11) is -4.04. The standard InChI is InChI=1S/C15H20FNO5S/c1-11(22-10-13-4-2-3-9-21-13)15(18)17-23(19,20)14-7-5-12(16)6-8-14/h5-8,11,13H,2-4,9-10H2,1H3,(H,17,18)/t11-,13+/m1/s1. The van der Waals surface area contributed by atoms with Crippen LogP contribution in [-0.4, -0.2) is 39.7 Å². The molecule has 2 atom stereocenters. The molecule has 2 rings (SSSR count). The molecule has 128 valence electrons. The van der Waals surface area contributed by atoms with Crippen molar-refractivity contribution < 1.29 is 27.1 Å². The van der Waals surface area contributed by atoms with Crippen molar-refractivity contribution in [3.63, 3.8) is 0 Å². The molecule has 23 heavy (non-hydrogen) atoms. The van der Waals surface area contributed by atoms with Crippen molar-refractivity contribution in [1.29, 1.82) is 0 Å². The average molecular weight is 345 g/mol. The minimum absolute atomic E-state index is 0.0623. The molecule has 6 nitrogen and oxygen atoms in total. The lowest BCUT2D eigenvalue weighted by atomic mass is 10.1. The van der Waals surface area contributed by atoms with Crippen molar-refractivity contribution in [2.24, 2.45) is 0 Å². The van der Waals surface area contributed by atoms with Crippen LogP contribution >= 0.6 is 0 Å². The van der Waals surface area contributed by atoms with Crippen molar-refractivity contribution in [2.45, 2.75) is 43.3 Å². The number of halogens is 1. The normalized spacial score (nSPS) is 20.0. The SMILES string of the molecule is C[C@@H](OC[C@@H]1CCCCO1)C(=O)NS(=O)(=O)c1ccc(F)cc1. The molecule has 1 heterocycles. The number of nitrogens with one attached hydrogen (secondary N) is 1. The summed E-state index contributed by atoms with van der Waals surface area (Å²) in [5.41, 5.74) is 0. The maximum absolute atomic E-state index is 12.8. The summed E-state index contributed by atoms with van der Waals surface area (Å²) in [6, 6.07) is 4.21. The van der Waals surface area contributed by atoms with Crippen LogP contribution in [0.25, 0.3) is 0 Å². The van der Waals surface area contributed by atoms with E-state index < -0.39 is 27.9 Å². The number of amides is 1. The molecule has 0 unspecified atom stereocenters. The van der Waals surface area contributed by atoms with Gasteiger partial charge >= 0.3 is 0 Å². The van der Waals surface area contributed by atoms with Gasteiger partial charge in [0.25, 0.3) is 15.9 Å². The number of sulfonamides is 1. The Balaban J connectivity index is 1.87. The Bertz CT molecular complexity index is 626. The van der Waals surface area contributed by atoms with E-state index in [0.717, 1.165) is 43.5 Å². The third kappa shape index (κ3) is 5.26. The fourth-order valence-corrected chi connectivity index (χ4v) is 3.20. The molecule has 1 amide bonds. The van der Waals surface area contributed by atoms with Gasteiger partial charge in [-0.1, -0.05) is 0 Å². The highest BCUT2D eigenvalue weighted by Crippen LogP contribution is 2.14. The van der Waals surface area contributed by atoms with Gasteiger partial charge in [0.15, 0.2) is 0 Å². The summed E-state index contributed by atoms with van der Waals surface area (Å²) in [5, 5.41) is 0. The number of hydrogen-bond donors (Lipinski definition) is 1. The molecule has 1 aromatic rings. The van der Waals surface area contributed by atoms with Gasteiger partial charge in [-0.15, -0.1) is 0 Å². The second-order valence-electron chi connectivity index (χ2n) is 5.39. The molecule has 1 N–H and O–H groups in total. The van der Waals surface area contributed by atoms with E-state index >= 15 is 0 Å². The van der Waals surface area contributed by atoms with Gasteiger partial charge in [-0.05, 0) is 50.5 Å². The van der Waals surface area contributed by atoms with Gasteiger partial charge < -0.3 is 9.47 Å². The molecule has 0 aliphatic carbocycles. The van der Waals surface area contributed by atoms with Crippen molar-refractivity contribution in [2.75, 3.05) is 13.2 Å². The Kier molecular flexibility index (Phi) is 6.09. The molecule has 1 saturated heterocycles. The van der Waals surface area contributed by atoms with E-state index in [2.05, 4.69) is 0 Å². The summed E-state index contributed by atoms with van der Waals surface area (Å²) in [6.07, 6.45) is 1.93. The van der Waals surface area contributed by atoms with Gasteiger partial charge in [0, 0.05) is 6.61 Å². The zero-order chi connectivity index (χ0) is 16.9. The number of rotatable bonds is 6. The lowest BCUT2D eigenvalue weighted by molar-refractivity contribution is -0.133. The van der Waals surface area contributed by atoms with Crippen molar-refractivity contribution in [3.05, 3.63) is 30.1 Å². The van der Waals surface area contributed by atoms with Crippen molar-refractivity contribution in [3.8, 4) is 0 Å². The van der Waals surface area contributed by atoms with Gasteiger partial charge in [0.2, 0.25) is 0 Å². The molecule has 0 aromatic heterocycles. The lowest BCUT2D eigenvalue weighted by Crippen LogP contribution is -2.40. The van der Waals surface area contributed by atoms with Crippen LogP contribution < -0.4 is 4.72 Å².